The van der Waals surface area contributed by atoms with Gasteiger partial charge < -0.3 is 10.1 Å². The Kier molecular flexibility index (Phi) is 4.62. The number of amides is 1. The van der Waals surface area contributed by atoms with Gasteiger partial charge in [-0.25, -0.2) is 14.4 Å². The van der Waals surface area contributed by atoms with E-state index in [-0.39, 0.29) is 17.7 Å². The number of benzene rings is 2. The summed E-state index contributed by atoms with van der Waals surface area (Å²) in [6.45, 7) is 0. The molecule has 1 N–H and O–H groups in total. The molecule has 3 aromatic rings. The van der Waals surface area contributed by atoms with Crippen LogP contribution >= 0.6 is 0 Å². The second kappa shape index (κ2) is 7.19. The van der Waals surface area contributed by atoms with Gasteiger partial charge in [-0.2, -0.15) is 5.26 Å². The van der Waals surface area contributed by atoms with Crippen molar-refractivity contribution in [3.05, 3.63) is 77.9 Å². The number of hydrogen-bond acceptors (Lipinski definition) is 5. The number of rotatable bonds is 4. The number of halogens is 1. The van der Waals surface area contributed by atoms with Crippen molar-refractivity contribution in [3.63, 3.8) is 0 Å². The summed E-state index contributed by atoms with van der Waals surface area (Å²) in [5.41, 5.74) is 1.22. The second-order valence-corrected chi connectivity index (χ2v) is 4.93. The van der Waals surface area contributed by atoms with Crippen LogP contribution in [0.25, 0.3) is 0 Å². The van der Waals surface area contributed by atoms with E-state index in [9.17, 15) is 9.18 Å². The van der Waals surface area contributed by atoms with Crippen molar-refractivity contribution in [1.29, 1.82) is 5.26 Å². The third-order valence-electron chi connectivity index (χ3n) is 3.20. The molecule has 25 heavy (non-hydrogen) atoms. The number of ether oxygens (including phenoxy) is 1. The van der Waals surface area contributed by atoms with E-state index in [0.717, 1.165) is 0 Å². The van der Waals surface area contributed by atoms with Crippen LogP contribution in [0.15, 0.2) is 60.9 Å². The Labute approximate surface area is 142 Å². The van der Waals surface area contributed by atoms with E-state index < -0.39 is 5.82 Å². The van der Waals surface area contributed by atoms with E-state index in [1.54, 1.807) is 36.4 Å². The predicted molar refractivity (Wildman–Crippen MR) is 87.6 cm³/mol. The highest BCUT2D eigenvalue weighted by Crippen LogP contribution is 2.21. The number of para-hydroxylation sites is 1. The maximum absolute atomic E-state index is 13.5. The molecule has 0 fully saturated rings. The highest BCUT2D eigenvalue weighted by Gasteiger charge is 2.09. The zero-order valence-electron chi connectivity index (χ0n) is 12.8. The molecule has 0 aliphatic rings. The zero-order valence-corrected chi connectivity index (χ0v) is 12.8. The normalized spacial score (nSPS) is 9.92. The van der Waals surface area contributed by atoms with E-state index in [2.05, 4.69) is 15.3 Å². The van der Waals surface area contributed by atoms with E-state index in [1.807, 2.05) is 6.07 Å². The van der Waals surface area contributed by atoms with Crippen molar-refractivity contribution in [2.45, 2.75) is 0 Å². The fourth-order valence-corrected chi connectivity index (χ4v) is 1.96. The molecule has 0 bridgehead atoms. The number of carbonyl (C=O) groups excluding carboxylic acids is 1. The lowest BCUT2D eigenvalue weighted by Gasteiger charge is -2.07. The van der Waals surface area contributed by atoms with Crippen LogP contribution in [-0.2, 0) is 0 Å². The molecule has 0 aliphatic heterocycles. The molecule has 3 rings (SSSR count). The molecule has 0 saturated heterocycles. The van der Waals surface area contributed by atoms with Crippen molar-refractivity contribution in [1.82, 2.24) is 9.97 Å². The Balaban J connectivity index is 1.67. The molecule has 0 saturated carbocycles. The lowest BCUT2D eigenvalue weighted by Crippen LogP contribution is -2.12. The molecular formula is C18H11FN4O2. The molecule has 122 valence electrons. The Hall–Kier alpha value is -3.79. The molecule has 1 aromatic heterocycles. The number of aromatic nitrogens is 2. The summed E-state index contributed by atoms with van der Waals surface area (Å²) in [6, 6.07) is 14.0. The molecule has 1 amide bonds. The molecule has 7 heteroatoms. The molecule has 0 aliphatic carbocycles. The smallest absolute Gasteiger partial charge is 0.322 e. The molecule has 0 spiro atoms. The molecule has 0 radical (unpaired) electrons. The summed E-state index contributed by atoms with van der Waals surface area (Å²) < 4.78 is 18.7. The Bertz CT molecular complexity index is 935. The number of nitrogens with one attached hydrogen (secondary N) is 1. The lowest BCUT2D eigenvalue weighted by atomic mass is 10.1. The van der Waals surface area contributed by atoms with Crippen LogP contribution in [0.5, 0.6) is 11.8 Å². The summed E-state index contributed by atoms with van der Waals surface area (Å²) in [7, 11) is 0. The Morgan fingerprint density at radius 2 is 1.76 bits per heavy atom. The van der Waals surface area contributed by atoms with Gasteiger partial charge in [-0.3, -0.25) is 4.79 Å². The van der Waals surface area contributed by atoms with Crippen LogP contribution in [0.4, 0.5) is 10.1 Å². The van der Waals surface area contributed by atoms with Crippen LogP contribution in [0.1, 0.15) is 15.9 Å². The number of carbonyl (C=O) groups is 1. The van der Waals surface area contributed by atoms with E-state index >= 15 is 0 Å². The first-order valence-electron chi connectivity index (χ1n) is 7.21. The minimum Gasteiger partial charge on any atom is -0.421 e. The second-order valence-electron chi connectivity index (χ2n) is 4.93. The Morgan fingerprint density at radius 1 is 1.08 bits per heavy atom. The topological polar surface area (TPSA) is 87.9 Å². The lowest BCUT2D eigenvalue weighted by molar-refractivity contribution is 0.102. The molecule has 0 atom stereocenters. The van der Waals surface area contributed by atoms with Crippen molar-refractivity contribution in [2.24, 2.45) is 0 Å². The van der Waals surface area contributed by atoms with Gasteiger partial charge >= 0.3 is 6.01 Å². The largest absolute Gasteiger partial charge is 0.421 e. The van der Waals surface area contributed by atoms with E-state index in [1.165, 1.54) is 24.5 Å². The summed E-state index contributed by atoms with van der Waals surface area (Å²) in [6.07, 6.45) is 2.70. The van der Waals surface area contributed by atoms with Crippen LogP contribution in [0.3, 0.4) is 0 Å². The van der Waals surface area contributed by atoms with Gasteiger partial charge in [-0.1, -0.05) is 12.1 Å². The first-order valence-corrected chi connectivity index (χ1v) is 7.21. The molecule has 2 aromatic carbocycles. The fourth-order valence-electron chi connectivity index (χ4n) is 1.96. The van der Waals surface area contributed by atoms with E-state index in [0.29, 0.717) is 16.8 Å². The third kappa shape index (κ3) is 3.95. The van der Waals surface area contributed by atoms with Gasteiger partial charge in [0, 0.05) is 5.56 Å². The number of nitrogens with zero attached hydrogens (tertiary/aromatic N) is 3. The minimum absolute atomic E-state index is 0.0110. The van der Waals surface area contributed by atoms with Gasteiger partial charge in [0.25, 0.3) is 5.91 Å². The molecule has 1 heterocycles. The van der Waals surface area contributed by atoms with Crippen LogP contribution in [0, 0.1) is 17.1 Å². The average Bonchev–Trinajstić information content (AvgIpc) is 2.65. The number of anilines is 1. The predicted octanol–water partition coefficient (Wildman–Crippen LogP) is 3.53. The minimum atomic E-state index is -0.524. The van der Waals surface area contributed by atoms with E-state index in [4.69, 9.17) is 10.00 Å². The van der Waals surface area contributed by atoms with Gasteiger partial charge in [-0.15, -0.1) is 0 Å². The molecule has 0 unspecified atom stereocenters. The Morgan fingerprint density at radius 3 is 2.40 bits per heavy atom. The fraction of sp³-hybridized carbons (Fsp3) is 0. The maximum atomic E-state index is 13.5. The van der Waals surface area contributed by atoms with Crippen molar-refractivity contribution >= 4 is 11.6 Å². The van der Waals surface area contributed by atoms with Gasteiger partial charge in [0.2, 0.25) is 0 Å². The van der Waals surface area contributed by atoms with Crippen LogP contribution in [0.2, 0.25) is 0 Å². The molecule has 6 nitrogen and oxygen atoms in total. The number of hydrogen-bond donors (Lipinski definition) is 1. The van der Waals surface area contributed by atoms with Gasteiger partial charge in [-0.05, 0) is 36.4 Å². The SMILES string of the molecule is N#Cc1ccc(C(=O)Nc2cnc(Oc3ccccc3F)nc2)cc1. The first kappa shape index (κ1) is 16.1. The highest BCUT2D eigenvalue weighted by atomic mass is 19.1. The number of nitriles is 1. The quantitative estimate of drug-likeness (QED) is 0.788. The summed E-state index contributed by atoms with van der Waals surface area (Å²) in [5.74, 6) is -0.878. The monoisotopic (exact) mass is 334 g/mol. The summed E-state index contributed by atoms with van der Waals surface area (Å²) in [4.78, 5) is 20.0. The summed E-state index contributed by atoms with van der Waals surface area (Å²) in [5, 5.41) is 11.4. The third-order valence-corrected chi connectivity index (χ3v) is 3.20. The highest BCUT2D eigenvalue weighted by molar-refractivity contribution is 6.04. The van der Waals surface area contributed by atoms with Crippen molar-refractivity contribution < 1.29 is 13.9 Å². The maximum Gasteiger partial charge on any atom is 0.322 e. The van der Waals surface area contributed by atoms with Crippen molar-refractivity contribution in [2.75, 3.05) is 5.32 Å². The van der Waals surface area contributed by atoms with Crippen LogP contribution < -0.4 is 10.1 Å². The van der Waals surface area contributed by atoms with Crippen LogP contribution in [-0.4, -0.2) is 15.9 Å². The van der Waals surface area contributed by atoms with Crippen molar-refractivity contribution in [3.8, 4) is 17.8 Å². The van der Waals surface area contributed by atoms with Gasteiger partial charge in [0.05, 0.1) is 29.7 Å². The standard InChI is InChI=1S/C18H11FN4O2/c19-15-3-1-2-4-16(15)25-18-21-10-14(11-22-18)23-17(24)13-7-5-12(9-20)6-8-13/h1-8,10-11H,(H,23,24). The first-order chi connectivity index (χ1) is 12.2. The average molecular weight is 334 g/mol. The zero-order chi connectivity index (χ0) is 17.6. The van der Waals surface area contributed by atoms with Gasteiger partial charge in [0.1, 0.15) is 0 Å². The molecular weight excluding hydrogens is 323 g/mol. The van der Waals surface area contributed by atoms with Gasteiger partial charge in [0.15, 0.2) is 11.6 Å². The summed E-state index contributed by atoms with van der Waals surface area (Å²) >= 11 is 0.